The second-order valence-electron chi connectivity index (χ2n) is 4.45. The van der Waals surface area contributed by atoms with Crippen molar-refractivity contribution in [3.05, 3.63) is 52.0 Å². The van der Waals surface area contributed by atoms with E-state index in [0.29, 0.717) is 21.5 Å². The first-order chi connectivity index (χ1) is 9.65. The summed E-state index contributed by atoms with van der Waals surface area (Å²) in [4.78, 5) is 12.3. The molecule has 1 heterocycles. The zero-order valence-electron chi connectivity index (χ0n) is 10.8. The van der Waals surface area contributed by atoms with Gasteiger partial charge in [-0.3, -0.25) is 4.79 Å². The summed E-state index contributed by atoms with van der Waals surface area (Å²) in [5.41, 5.74) is 2.32. The molecule has 1 aliphatic heterocycles. The summed E-state index contributed by atoms with van der Waals surface area (Å²) in [6.45, 7) is 2.13. The Morgan fingerprint density at radius 2 is 1.90 bits per heavy atom. The first-order valence-corrected chi connectivity index (χ1v) is 6.90. The third kappa shape index (κ3) is 2.36. The number of amides is 1. The van der Waals surface area contributed by atoms with Gasteiger partial charge in [-0.25, -0.2) is 0 Å². The van der Waals surface area contributed by atoms with E-state index in [4.69, 9.17) is 9.47 Å². The molecule has 0 bridgehead atoms. The summed E-state index contributed by atoms with van der Waals surface area (Å²) in [7, 11) is 0. The van der Waals surface area contributed by atoms with Crippen LogP contribution in [0.25, 0.3) is 0 Å². The van der Waals surface area contributed by atoms with E-state index in [-0.39, 0.29) is 12.7 Å². The third-order valence-electron chi connectivity index (χ3n) is 3.10. The minimum Gasteiger partial charge on any atom is -0.454 e. The molecular weight excluding hydrogens is 322 g/mol. The maximum Gasteiger partial charge on any atom is 0.256 e. The number of hydrogen-bond acceptors (Lipinski definition) is 3. The lowest BCUT2D eigenvalue weighted by Crippen LogP contribution is -2.13. The Labute approximate surface area is 124 Å². The summed E-state index contributed by atoms with van der Waals surface area (Å²) >= 11 is 3.39. The van der Waals surface area contributed by atoms with E-state index in [1.54, 1.807) is 12.1 Å². The van der Waals surface area contributed by atoms with Crippen molar-refractivity contribution in [1.82, 2.24) is 0 Å². The molecule has 20 heavy (non-hydrogen) atoms. The van der Waals surface area contributed by atoms with Gasteiger partial charge in [0.2, 0.25) is 6.79 Å². The molecule has 0 saturated heterocycles. The molecule has 4 nitrogen and oxygen atoms in total. The summed E-state index contributed by atoms with van der Waals surface area (Å²) in [6.07, 6.45) is 0. The molecular formula is C15H12BrNO3. The second-order valence-corrected chi connectivity index (χ2v) is 5.31. The average Bonchev–Trinajstić information content (AvgIpc) is 2.87. The first-order valence-electron chi connectivity index (χ1n) is 6.11. The van der Waals surface area contributed by atoms with Crippen molar-refractivity contribution in [2.24, 2.45) is 0 Å². The van der Waals surface area contributed by atoms with Gasteiger partial charge in [0.05, 0.1) is 5.56 Å². The molecule has 0 unspecified atom stereocenters. The highest BCUT2D eigenvalue weighted by molar-refractivity contribution is 9.10. The SMILES string of the molecule is Cc1ccccc1NC(=O)c1cc2c(cc1Br)OCO2. The monoisotopic (exact) mass is 333 g/mol. The Morgan fingerprint density at radius 3 is 2.65 bits per heavy atom. The highest BCUT2D eigenvalue weighted by Crippen LogP contribution is 2.37. The number of benzene rings is 2. The van der Waals surface area contributed by atoms with E-state index in [0.717, 1.165) is 11.3 Å². The number of anilines is 1. The highest BCUT2D eigenvalue weighted by Gasteiger charge is 2.20. The minimum absolute atomic E-state index is 0.185. The van der Waals surface area contributed by atoms with Crippen LogP contribution in [0, 0.1) is 6.92 Å². The Morgan fingerprint density at radius 1 is 1.20 bits per heavy atom. The van der Waals surface area contributed by atoms with Crippen LogP contribution < -0.4 is 14.8 Å². The number of aryl methyl sites for hydroxylation is 1. The topological polar surface area (TPSA) is 47.6 Å². The van der Waals surface area contributed by atoms with Crippen molar-refractivity contribution >= 4 is 27.5 Å². The Balaban J connectivity index is 1.90. The zero-order chi connectivity index (χ0) is 14.1. The fourth-order valence-electron chi connectivity index (χ4n) is 1.99. The molecule has 1 aliphatic rings. The van der Waals surface area contributed by atoms with Gasteiger partial charge in [0.25, 0.3) is 5.91 Å². The highest BCUT2D eigenvalue weighted by atomic mass is 79.9. The van der Waals surface area contributed by atoms with Crippen LogP contribution in [0.5, 0.6) is 11.5 Å². The standard InChI is InChI=1S/C15H12BrNO3/c1-9-4-2-3-5-12(9)17-15(18)10-6-13-14(7-11(10)16)20-8-19-13/h2-7H,8H2,1H3,(H,17,18). The maximum atomic E-state index is 12.3. The van der Waals surface area contributed by atoms with Gasteiger partial charge < -0.3 is 14.8 Å². The normalized spacial score (nSPS) is 12.3. The molecule has 0 atom stereocenters. The Bertz CT molecular complexity index is 685. The van der Waals surface area contributed by atoms with Gasteiger partial charge in [-0.05, 0) is 46.6 Å². The van der Waals surface area contributed by atoms with E-state index in [1.807, 2.05) is 31.2 Å². The molecule has 0 spiro atoms. The smallest absolute Gasteiger partial charge is 0.256 e. The van der Waals surface area contributed by atoms with Gasteiger partial charge in [-0.2, -0.15) is 0 Å². The molecule has 102 valence electrons. The van der Waals surface area contributed by atoms with Crippen LogP contribution in [0.15, 0.2) is 40.9 Å². The van der Waals surface area contributed by atoms with E-state index >= 15 is 0 Å². The van der Waals surface area contributed by atoms with Crippen molar-refractivity contribution in [2.75, 3.05) is 12.1 Å². The lowest BCUT2D eigenvalue weighted by atomic mass is 10.1. The van der Waals surface area contributed by atoms with E-state index < -0.39 is 0 Å². The van der Waals surface area contributed by atoms with E-state index in [9.17, 15) is 4.79 Å². The van der Waals surface area contributed by atoms with E-state index in [2.05, 4.69) is 21.2 Å². The lowest BCUT2D eigenvalue weighted by molar-refractivity contribution is 0.102. The molecule has 2 aromatic rings. The predicted molar refractivity (Wildman–Crippen MR) is 79.4 cm³/mol. The summed E-state index contributed by atoms with van der Waals surface area (Å²) in [5, 5.41) is 2.89. The molecule has 5 heteroatoms. The molecule has 2 aromatic carbocycles. The van der Waals surface area contributed by atoms with Gasteiger partial charge in [0.1, 0.15) is 0 Å². The predicted octanol–water partition coefficient (Wildman–Crippen LogP) is 3.74. The number of carbonyl (C=O) groups is 1. The Hall–Kier alpha value is -2.01. The lowest BCUT2D eigenvalue weighted by Gasteiger charge is -2.10. The molecule has 0 aliphatic carbocycles. The van der Waals surface area contributed by atoms with Gasteiger partial charge in [0.15, 0.2) is 11.5 Å². The largest absolute Gasteiger partial charge is 0.454 e. The van der Waals surface area contributed by atoms with Gasteiger partial charge in [0, 0.05) is 10.2 Å². The van der Waals surface area contributed by atoms with Crippen molar-refractivity contribution in [3.63, 3.8) is 0 Å². The molecule has 0 radical (unpaired) electrons. The van der Waals surface area contributed by atoms with Crippen molar-refractivity contribution in [3.8, 4) is 11.5 Å². The van der Waals surface area contributed by atoms with E-state index in [1.165, 1.54) is 0 Å². The van der Waals surface area contributed by atoms with Crippen molar-refractivity contribution in [2.45, 2.75) is 6.92 Å². The van der Waals surface area contributed by atoms with Crippen LogP contribution in [0.3, 0.4) is 0 Å². The van der Waals surface area contributed by atoms with Gasteiger partial charge in [-0.1, -0.05) is 18.2 Å². The maximum absolute atomic E-state index is 12.3. The number of hydrogen-bond donors (Lipinski definition) is 1. The molecule has 0 aromatic heterocycles. The van der Waals surface area contributed by atoms with Crippen LogP contribution in [0.4, 0.5) is 5.69 Å². The summed E-state index contributed by atoms with van der Waals surface area (Å²) < 4.78 is 11.2. The third-order valence-corrected chi connectivity index (χ3v) is 3.76. The van der Waals surface area contributed by atoms with Crippen LogP contribution in [0.2, 0.25) is 0 Å². The van der Waals surface area contributed by atoms with Crippen molar-refractivity contribution < 1.29 is 14.3 Å². The second kappa shape index (κ2) is 5.17. The van der Waals surface area contributed by atoms with Gasteiger partial charge in [-0.15, -0.1) is 0 Å². The summed E-state index contributed by atoms with van der Waals surface area (Å²) in [6, 6.07) is 11.1. The number of halogens is 1. The number of rotatable bonds is 2. The fourth-order valence-corrected chi connectivity index (χ4v) is 2.50. The summed E-state index contributed by atoms with van der Waals surface area (Å²) in [5.74, 6) is 1.04. The van der Waals surface area contributed by atoms with Crippen LogP contribution in [-0.2, 0) is 0 Å². The molecule has 1 amide bonds. The van der Waals surface area contributed by atoms with Gasteiger partial charge >= 0.3 is 0 Å². The van der Waals surface area contributed by atoms with Crippen LogP contribution >= 0.6 is 15.9 Å². The minimum atomic E-state index is -0.190. The zero-order valence-corrected chi connectivity index (χ0v) is 12.4. The van der Waals surface area contributed by atoms with Crippen LogP contribution in [0.1, 0.15) is 15.9 Å². The average molecular weight is 334 g/mol. The number of carbonyl (C=O) groups excluding carboxylic acids is 1. The number of ether oxygens (including phenoxy) is 2. The number of para-hydroxylation sites is 1. The number of nitrogens with one attached hydrogen (secondary N) is 1. The van der Waals surface area contributed by atoms with Crippen molar-refractivity contribution in [1.29, 1.82) is 0 Å². The molecule has 0 fully saturated rings. The fraction of sp³-hybridized carbons (Fsp3) is 0.133. The molecule has 0 saturated carbocycles. The van der Waals surface area contributed by atoms with Crippen LogP contribution in [-0.4, -0.2) is 12.7 Å². The molecule has 1 N–H and O–H groups in total. The first kappa shape index (κ1) is 13.0. The number of fused-ring (bicyclic) bond motifs is 1. The Kier molecular flexibility index (Phi) is 3.36. The quantitative estimate of drug-likeness (QED) is 0.910. The molecule has 3 rings (SSSR count).